The van der Waals surface area contributed by atoms with Gasteiger partial charge in [0.15, 0.2) is 16.4 Å². The molecule has 250 valence electrons. The average Bonchev–Trinajstić information content (AvgIpc) is 3.51. The Bertz CT molecular complexity index is 1820. The van der Waals surface area contributed by atoms with Crippen molar-refractivity contribution in [1.29, 1.82) is 0 Å². The van der Waals surface area contributed by atoms with Gasteiger partial charge in [-0.05, 0) is 79.9 Å². The first-order valence-electron chi connectivity index (χ1n) is 14.8. The molecular weight excluding hydrogens is 683 g/mol. The molecule has 0 saturated carbocycles. The van der Waals surface area contributed by atoms with Gasteiger partial charge >= 0.3 is 5.97 Å². The Hall–Kier alpha value is -3.64. The second kappa shape index (κ2) is 16.0. The number of nitrogens with zero attached hydrogens (tertiary/aromatic N) is 1. The maximum absolute atomic E-state index is 13.4. The van der Waals surface area contributed by atoms with Gasteiger partial charge in [0.25, 0.3) is 5.91 Å². The van der Waals surface area contributed by atoms with Gasteiger partial charge in [0, 0.05) is 21.4 Å². The zero-order valence-electron chi connectivity index (χ0n) is 26.5. The number of aryl methyl sites for hydroxylation is 1. The molecular formula is C34H36Cl2N2O7S2. The average molecular weight is 720 g/mol. The molecule has 4 rings (SSSR count). The largest absolute Gasteiger partial charge is 0.485 e. The van der Waals surface area contributed by atoms with Crippen molar-refractivity contribution in [2.24, 2.45) is 0 Å². The van der Waals surface area contributed by atoms with E-state index in [-0.39, 0.29) is 47.2 Å². The predicted molar refractivity (Wildman–Crippen MR) is 185 cm³/mol. The fraction of sp³-hybridized carbons (Fsp3) is 0.324. The number of nitrogens with one attached hydrogen (secondary N) is 1. The maximum atomic E-state index is 13.4. The molecule has 0 aliphatic heterocycles. The van der Waals surface area contributed by atoms with Crippen molar-refractivity contribution in [3.8, 4) is 11.5 Å². The van der Waals surface area contributed by atoms with E-state index in [0.29, 0.717) is 34.3 Å². The number of anilines is 1. The number of halogens is 2. The summed E-state index contributed by atoms with van der Waals surface area (Å²) < 4.78 is 42.2. The highest BCUT2D eigenvalue weighted by atomic mass is 35.5. The first kappa shape index (κ1) is 36.2. The molecule has 0 bridgehead atoms. The number of benzene rings is 3. The van der Waals surface area contributed by atoms with Crippen molar-refractivity contribution in [3.63, 3.8) is 0 Å². The van der Waals surface area contributed by atoms with E-state index >= 15 is 0 Å². The Morgan fingerprint density at radius 2 is 1.70 bits per heavy atom. The fourth-order valence-electron chi connectivity index (χ4n) is 4.33. The number of carbonyl (C=O) groups is 2. The van der Waals surface area contributed by atoms with Gasteiger partial charge in [-0.15, -0.1) is 11.3 Å². The molecule has 47 heavy (non-hydrogen) atoms. The summed E-state index contributed by atoms with van der Waals surface area (Å²) in [6.07, 6.45) is 0.732. The van der Waals surface area contributed by atoms with E-state index in [1.807, 2.05) is 5.38 Å². The third kappa shape index (κ3) is 10.4. The number of ether oxygens (including phenoxy) is 3. The van der Waals surface area contributed by atoms with Crippen LogP contribution in [-0.4, -0.2) is 44.2 Å². The second-order valence-corrected chi connectivity index (χ2v) is 15.5. The van der Waals surface area contributed by atoms with Crippen LogP contribution in [0.5, 0.6) is 11.5 Å². The summed E-state index contributed by atoms with van der Waals surface area (Å²) in [6.45, 7) is 7.97. The Labute approximate surface area is 289 Å². The van der Waals surface area contributed by atoms with Crippen LogP contribution in [0.1, 0.15) is 60.7 Å². The molecule has 0 spiro atoms. The van der Waals surface area contributed by atoms with Crippen molar-refractivity contribution >= 4 is 61.9 Å². The van der Waals surface area contributed by atoms with E-state index in [1.54, 1.807) is 43.3 Å². The van der Waals surface area contributed by atoms with Gasteiger partial charge in [-0.25, -0.2) is 18.2 Å². The normalized spacial score (nSPS) is 11.6. The highest BCUT2D eigenvalue weighted by Crippen LogP contribution is 2.31. The topological polar surface area (TPSA) is 121 Å². The second-order valence-electron chi connectivity index (χ2n) is 11.6. The van der Waals surface area contributed by atoms with E-state index in [0.717, 1.165) is 16.3 Å². The number of aromatic nitrogens is 1. The Kier molecular flexibility index (Phi) is 12.3. The number of esters is 1. The zero-order valence-corrected chi connectivity index (χ0v) is 29.6. The summed E-state index contributed by atoms with van der Waals surface area (Å²) >= 11 is 13.8. The smallest absolute Gasteiger partial charge is 0.344 e. The fourth-order valence-corrected chi connectivity index (χ4v) is 6.87. The molecule has 1 N–H and O–H groups in total. The molecule has 0 radical (unpaired) electrons. The lowest BCUT2D eigenvalue weighted by atomic mass is 9.93. The van der Waals surface area contributed by atoms with Gasteiger partial charge in [-0.2, -0.15) is 0 Å². The molecule has 0 fully saturated rings. The third-order valence-corrected chi connectivity index (χ3v) is 10.1. The predicted octanol–water partition coefficient (Wildman–Crippen LogP) is 7.93. The van der Waals surface area contributed by atoms with E-state index < -0.39 is 21.7 Å². The monoisotopic (exact) mass is 718 g/mol. The van der Waals surface area contributed by atoms with Gasteiger partial charge in [0.05, 0.1) is 33.7 Å². The highest BCUT2D eigenvalue weighted by molar-refractivity contribution is 7.91. The molecule has 9 nitrogen and oxygen atoms in total. The number of amides is 1. The van der Waals surface area contributed by atoms with Crippen LogP contribution in [0.3, 0.4) is 0 Å². The summed E-state index contributed by atoms with van der Waals surface area (Å²) in [5, 5.41) is 6.41. The first-order chi connectivity index (χ1) is 22.2. The van der Waals surface area contributed by atoms with Crippen molar-refractivity contribution in [2.45, 2.75) is 57.5 Å². The summed E-state index contributed by atoms with van der Waals surface area (Å²) in [6, 6.07) is 15.8. The minimum absolute atomic E-state index is 0.0799. The molecule has 0 aliphatic rings. The molecule has 1 aromatic heterocycles. The first-order valence-corrected chi connectivity index (χ1v) is 18.1. The lowest BCUT2D eigenvalue weighted by molar-refractivity contribution is -0.145. The number of hydrogen-bond donors (Lipinski definition) is 1. The highest BCUT2D eigenvalue weighted by Gasteiger charge is 2.19. The number of rotatable bonds is 14. The Morgan fingerprint density at radius 1 is 0.957 bits per heavy atom. The quantitative estimate of drug-likeness (QED) is 0.131. The van der Waals surface area contributed by atoms with Crippen LogP contribution in [0.15, 0.2) is 70.9 Å². The Balaban J connectivity index is 1.48. The molecule has 13 heteroatoms. The van der Waals surface area contributed by atoms with E-state index in [9.17, 15) is 18.0 Å². The van der Waals surface area contributed by atoms with Crippen molar-refractivity contribution in [2.75, 3.05) is 24.3 Å². The number of thiazole rings is 1. The lowest BCUT2D eigenvalue weighted by Gasteiger charge is -2.15. The summed E-state index contributed by atoms with van der Waals surface area (Å²) in [4.78, 5) is 30.2. The molecule has 1 amide bonds. The lowest BCUT2D eigenvalue weighted by Crippen LogP contribution is -2.17. The van der Waals surface area contributed by atoms with Gasteiger partial charge in [0.1, 0.15) is 23.1 Å². The van der Waals surface area contributed by atoms with Crippen LogP contribution in [0.2, 0.25) is 10.0 Å². The van der Waals surface area contributed by atoms with Crippen LogP contribution in [0.25, 0.3) is 0 Å². The van der Waals surface area contributed by atoms with Crippen LogP contribution < -0.4 is 14.8 Å². The molecule has 0 atom stereocenters. The number of hydrogen-bond acceptors (Lipinski definition) is 9. The van der Waals surface area contributed by atoms with Crippen LogP contribution >= 0.6 is 34.5 Å². The SMILES string of the molecule is CCOC(=O)COc1ccc(CCCS(=O)(=O)c2ccc(Cl)cc2)cc1NC(=O)c1ccc(Cl)c(OCc2nc(C(C)(C)C)cs2)c1. The molecule has 1 heterocycles. The standard InChI is InChI=1S/C34H36Cl2N2O7S2/c1-5-43-32(39)20-45-28-15-8-22(7-6-16-47(41,42)25-12-10-24(35)11-13-25)17-27(28)37-33(40)23-9-14-26(36)29(18-23)44-19-31-38-30(21-46-31)34(2,3)4/h8-15,17-18,21H,5-7,16,19-20H2,1-4H3,(H,37,40). The molecule has 3 aromatic carbocycles. The summed E-state index contributed by atoms with van der Waals surface area (Å²) in [5.74, 6) is -0.548. The minimum atomic E-state index is -3.51. The van der Waals surface area contributed by atoms with Crippen molar-refractivity contribution in [3.05, 3.63) is 97.9 Å². The maximum Gasteiger partial charge on any atom is 0.344 e. The van der Waals surface area contributed by atoms with Gasteiger partial charge < -0.3 is 19.5 Å². The van der Waals surface area contributed by atoms with Gasteiger partial charge in [0.2, 0.25) is 0 Å². The molecule has 0 saturated heterocycles. The number of sulfone groups is 1. The molecule has 0 unspecified atom stereocenters. The Morgan fingerprint density at radius 3 is 2.38 bits per heavy atom. The zero-order chi connectivity index (χ0) is 34.2. The number of carbonyl (C=O) groups excluding carboxylic acids is 2. The minimum Gasteiger partial charge on any atom is -0.485 e. The van der Waals surface area contributed by atoms with E-state index in [1.165, 1.54) is 35.6 Å². The third-order valence-electron chi connectivity index (χ3n) is 6.86. The summed E-state index contributed by atoms with van der Waals surface area (Å²) in [7, 11) is -3.51. The van der Waals surface area contributed by atoms with E-state index in [2.05, 4.69) is 31.1 Å². The van der Waals surface area contributed by atoms with Crippen LogP contribution in [0.4, 0.5) is 5.69 Å². The molecule has 0 aliphatic carbocycles. The molecule has 4 aromatic rings. The summed E-state index contributed by atoms with van der Waals surface area (Å²) in [5.41, 5.74) is 2.21. The van der Waals surface area contributed by atoms with Crippen molar-refractivity contribution in [1.82, 2.24) is 4.98 Å². The van der Waals surface area contributed by atoms with Crippen molar-refractivity contribution < 1.29 is 32.2 Å². The van der Waals surface area contributed by atoms with Gasteiger partial charge in [-0.1, -0.05) is 50.0 Å². The van der Waals surface area contributed by atoms with E-state index in [4.69, 9.17) is 37.4 Å². The van der Waals surface area contributed by atoms with Crippen LogP contribution in [0, 0.1) is 0 Å². The van der Waals surface area contributed by atoms with Crippen LogP contribution in [-0.2, 0) is 37.8 Å². The van der Waals surface area contributed by atoms with Gasteiger partial charge in [-0.3, -0.25) is 4.79 Å².